The lowest BCUT2D eigenvalue weighted by atomic mass is 10.4. The predicted octanol–water partition coefficient (Wildman–Crippen LogP) is 1.79. The van der Waals surface area contributed by atoms with Gasteiger partial charge >= 0.3 is 0 Å². The normalized spacial score (nSPS) is 9.71. The average molecular weight is 205 g/mol. The maximum atomic E-state index is 11.5. The van der Waals surface area contributed by atoms with Crippen molar-refractivity contribution in [2.45, 2.75) is 0 Å². The molecule has 2 aromatic heterocycles. The van der Waals surface area contributed by atoms with Crippen LogP contribution >= 0.6 is 11.3 Å². The summed E-state index contributed by atoms with van der Waals surface area (Å²) in [6, 6.07) is 5.28. The molecule has 0 aliphatic heterocycles. The molecule has 0 aliphatic carbocycles. The van der Waals surface area contributed by atoms with Crippen LogP contribution in [0.1, 0.15) is 10.5 Å². The fourth-order valence-electron chi connectivity index (χ4n) is 0.951. The summed E-state index contributed by atoms with van der Waals surface area (Å²) in [7, 11) is 0. The van der Waals surface area contributed by atoms with Crippen molar-refractivity contribution in [3.05, 3.63) is 41.8 Å². The van der Waals surface area contributed by atoms with Gasteiger partial charge in [-0.3, -0.25) is 4.79 Å². The molecule has 2 heterocycles. The number of thiophene rings is 1. The quantitative estimate of drug-likeness (QED) is 0.813. The van der Waals surface area contributed by atoms with Crippen molar-refractivity contribution in [3.8, 4) is 0 Å². The zero-order valence-electron chi connectivity index (χ0n) is 7.18. The van der Waals surface area contributed by atoms with Crippen molar-refractivity contribution in [2.75, 3.05) is 5.32 Å². The van der Waals surface area contributed by atoms with E-state index in [4.69, 9.17) is 0 Å². The largest absolute Gasteiger partial charge is 0.312 e. The average Bonchev–Trinajstić information content (AvgIpc) is 2.72. The highest BCUT2D eigenvalue weighted by Gasteiger charge is 2.06. The summed E-state index contributed by atoms with van der Waals surface area (Å²) in [4.78, 5) is 19.1. The first-order valence-electron chi connectivity index (χ1n) is 3.97. The van der Waals surface area contributed by atoms with Crippen LogP contribution in [-0.2, 0) is 0 Å². The Morgan fingerprint density at radius 1 is 1.43 bits per heavy atom. The molecule has 0 spiro atoms. The third kappa shape index (κ3) is 1.94. The van der Waals surface area contributed by atoms with Gasteiger partial charge in [-0.2, -0.15) is 0 Å². The second-order valence-electron chi connectivity index (χ2n) is 2.53. The molecule has 4 nitrogen and oxygen atoms in total. The van der Waals surface area contributed by atoms with Crippen molar-refractivity contribution < 1.29 is 4.79 Å². The maximum absolute atomic E-state index is 11.5. The van der Waals surface area contributed by atoms with Crippen molar-refractivity contribution >= 4 is 22.2 Å². The summed E-state index contributed by atoms with van der Waals surface area (Å²) >= 11 is 1.47. The van der Waals surface area contributed by atoms with Crippen molar-refractivity contribution in [1.29, 1.82) is 0 Å². The highest BCUT2D eigenvalue weighted by Crippen LogP contribution is 2.15. The van der Waals surface area contributed by atoms with Gasteiger partial charge in [-0.25, -0.2) is 9.97 Å². The third-order valence-electron chi connectivity index (χ3n) is 1.57. The van der Waals surface area contributed by atoms with Crippen LogP contribution in [0.4, 0.5) is 5.00 Å². The molecule has 0 saturated heterocycles. The number of amides is 1. The number of carbonyl (C=O) groups excluding carboxylic acids is 1. The molecule has 5 heteroatoms. The number of anilines is 1. The Balaban J connectivity index is 2.11. The van der Waals surface area contributed by atoms with Crippen molar-refractivity contribution in [2.24, 2.45) is 0 Å². The molecule has 70 valence electrons. The lowest BCUT2D eigenvalue weighted by Crippen LogP contribution is -2.12. The third-order valence-corrected chi connectivity index (χ3v) is 2.36. The molecule has 2 rings (SSSR count). The Bertz CT molecular complexity index is 413. The highest BCUT2D eigenvalue weighted by atomic mass is 32.1. The van der Waals surface area contributed by atoms with E-state index in [9.17, 15) is 4.79 Å². The SMILES string of the molecule is O=C(Nc1cccs1)c1ccncn1. The molecule has 0 unspecified atom stereocenters. The van der Waals surface area contributed by atoms with Gasteiger partial charge in [0.05, 0.1) is 5.00 Å². The molecule has 0 aliphatic rings. The minimum atomic E-state index is -0.213. The van der Waals surface area contributed by atoms with E-state index >= 15 is 0 Å². The van der Waals surface area contributed by atoms with Crippen LogP contribution in [0.3, 0.4) is 0 Å². The zero-order valence-corrected chi connectivity index (χ0v) is 7.99. The minimum Gasteiger partial charge on any atom is -0.312 e. The van der Waals surface area contributed by atoms with Gasteiger partial charge in [0.15, 0.2) is 0 Å². The number of carbonyl (C=O) groups is 1. The van der Waals surface area contributed by atoms with E-state index in [-0.39, 0.29) is 5.91 Å². The number of aromatic nitrogens is 2. The molecule has 0 aromatic carbocycles. The van der Waals surface area contributed by atoms with E-state index in [0.717, 1.165) is 5.00 Å². The molecular formula is C9H7N3OS. The molecule has 0 saturated carbocycles. The first-order chi connectivity index (χ1) is 6.86. The molecule has 0 atom stereocenters. The minimum absolute atomic E-state index is 0.213. The summed E-state index contributed by atoms with van der Waals surface area (Å²) in [5.74, 6) is -0.213. The predicted molar refractivity (Wildman–Crippen MR) is 54.3 cm³/mol. The Labute approximate surface area is 84.6 Å². The highest BCUT2D eigenvalue weighted by molar-refractivity contribution is 7.14. The number of nitrogens with one attached hydrogen (secondary N) is 1. The molecule has 2 aromatic rings. The summed E-state index contributed by atoms with van der Waals surface area (Å²) in [5.41, 5.74) is 0.369. The van der Waals surface area contributed by atoms with Crippen LogP contribution < -0.4 is 5.32 Å². The van der Waals surface area contributed by atoms with Gasteiger partial charge in [-0.05, 0) is 23.6 Å². The molecule has 0 bridgehead atoms. The zero-order chi connectivity index (χ0) is 9.80. The maximum Gasteiger partial charge on any atom is 0.274 e. The van der Waals surface area contributed by atoms with E-state index in [0.29, 0.717) is 5.69 Å². The second-order valence-corrected chi connectivity index (χ2v) is 3.47. The summed E-state index contributed by atoms with van der Waals surface area (Å²) in [6.07, 6.45) is 2.89. The Hall–Kier alpha value is -1.75. The Kier molecular flexibility index (Phi) is 2.51. The van der Waals surface area contributed by atoms with E-state index in [1.54, 1.807) is 6.07 Å². The molecule has 1 amide bonds. The van der Waals surface area contributed by atoms with Crippen LogP contribution in [0.5, 0.6) is 0 Å². The number of hydrogen-bond acceptors (Lipinski definition) is 4. The second kappa shape index (κ2) is 3.97. The standard InChI is InChI=1S/C9H7N3OS/c13-9(7-3-4-10-6-11-7)12-8-2-1-5-14-8/h1-6H,(H,12,13). The number of nitrogens with zero attached hydrogens (tertiary/aromatic N) is 2. The van der Waals surface area contributed by atoms with Crippen molar-refractivity contribution in [3.63, 3.8) is 0 Å². The Morgan fingerprint density at radius 3 is 3.00 bits per heavy atom. The first-order valence-corrected chi connectivity index (χ1v) is 4.85. The van der Waals surface area contributed by atoms with E-state index in [1.165, 1.54) is 23.9 Å². The van der Waals surface area contributed by atoms with Crippen LogP contribution in [0.2, 0.25) is 0 Å². The topological polar surface area (TPSA) is 54.9 Å². The monoisotopic (exact) mass is 205 g/mol. The van der Waals surface area contributed by atoms with Gasteiger partial charge in [-0.1, -0.05) is 0 Å². The number of rotatable bonds is 2. The molecular weight excluding hydrogens is 198 g/mol. The van der Waals surface area contributed by atoms with Crippen LogP contribution in [0, 0.1) is 0 Å². The van der Waals surface area contributed by atoms with Crippen LogP contribution in [0.25, 0.3) is 0 Å². The van der Waals surface area contributed by atoms with Crippen LogP contribution in [-0.4, -0.2) is 15.9 Å². The van der Waals surface area contributed by atoms with Crippen LogP contribution in [0.15, 0.2) is 36.1 Å². The lowest BCUT2D eigenvalue weighted by molar-refractivity contribution is 0.102. The Morgan fingerprint density at radius 2 is 2.36 bits per heavy atom. The number of hydrogen-bond donors (Lipinski definition) is 1. The lowest BCUT2D eigenvalue weighted by Gasteiger charge is -1.99. The molecule has 1 N–H and O–H groups in total. The smallest absolute Gasteiger partial charge is 0.274 e. The summed E-state index contributed by atoms with van der Waals surface area (Å²) in [6.45, 7) is 0. The van der Waals surface area contributed by atoms with E-state index < -0.39 is 0 Å². The van der Waals surface area contributed by atoms with Gasteiger partial charge in [-0.15, -0.1) is 11.3 Å². The van der Waals surface area contributed by atoms with E-state index in [1.807, 2.05) is 17.5 Å². The summed E-state index contributed by atoms with van der Waals surface area (Å²) < 4.78 is 0. The van der Waals surface area contributed by atoms with Gasteiger partial charge in [0.2, 0.25) is 0 Å². The van der Waals surface area contributed by atoms with Gasteiger partial charge in [0.25, 0.3) is 5.91 Å². The van der Waals surface area contributed by atoms with Crippen molar-refractivity contribution in [1.82, 2.24) is 9.97 Å². The fraction of sp³-hybridized carbons (Fsp3) is 0. The van der Waals surface area contributed by atoms with Gasteiger partial charge < -0.3 is 5.32 Å². The molecule has 0 fully saturated rings. The molecule has 14 heavy (non-hydrogen) atoms. The van der Waals surface area contributed by atoms with Gasteiger partial charge in [0, 0.05) is 6.20 Å². The van der Waals surface area contributed by atoms with Gasteiger partial charge in [0.1, 0.15) is 12.0 Å². The molecule has 0 radical (unpaired) electrons. The summed E-state index contributed by atoms with van der Waals surface area (Å²) in [5, 5.41) is 5.44. The first kappa shape index (κ1) is 8.83. The van der Waals surface area contributed by atoms with E-state index in [2.05, 4.69) is 15.3 Å². The fourth-order valence-corrected chi connectivity index (χ4v) is 1.56.